The van der Waals surface area contributed by atoms with Crippen LogP contribution in [0.2, 0.25) is 0 Å². The van der Waals surface area contributed by atoms with Crippen LogP contribution in [0.5, 0.6) is 0 Å². The Balaban J connectivity index is 1.48. The number of ether oxygens (including phenoxy) is 3. The predicted molar refractivity (Wildman–Crippen MR) is 134 cm³/mol. The zero-order chi connectivity index (χ0) is 28.2. The first-order valence-corrected chi connectivity index (χ1v) is 14.3. The molecule has 9 bridgehead atoms. The predicted octanol–water partition coefficient (Wildman–Crippen LogP) is 0.703. The van der Waals surface area contributed by atoms with E-state index < -0.39 is 81.7 Å². The molecular weight excluding hydrogens is 506 g/mol. The van der Waals surface area contributed by atoms with Gasteiger partial charge in [0.25, 0.3) is 0 Å². The molecule has 0 amide bonds. The largest absolute Gasteiger partial charge is 0.458 e. The van der Waals surface area contributed by atoms with Crippen LogP contribution in [-0.4, -0.2) is 92.4 Å². The second-order valence-corrected chi connectivity index (χ2v) is 13.9. The number of rotatable bonds is 5. The summed E-state index contributed by atoms with van der Waals surface area (Å²) in [5, 5.41) is 36.7. The van der Waals surface area contributed by atoms with Crippen molar-refractivity contribution in [2.75, 3.05) is 6.54 Å². The minimum Gasteiger partial charge on any atom is -0.458 e. The van der Waals surface area contributed by atoms with Crippen molar-refractivity contribution in [1.29, 1.82) is 0 Å². The highest BCUT2D eigenvalue weighted by atomic mass is 16.6. The van der Waals surface area contributed by atoms with E-state index in [4.69, 9.17) is 14.2 Å². The van der Waals surface area contributed by atoms with Crippen LogP contribution in [0.1, 0.15) is 60.3 Å². The van der Waals surface area contributed by atoms with Crippen LogP contribution in [0.4, 0.5) is 0 Å². The molecule has 3 saturated heterocycles. The molecule has 9 fully saturated rings. The molecule has 6 aliphatic carbocycles. The SMILES string of the molecule is C=C1C[C@]23C[C@H]4[C@@H]5[C@]6(C)CN4[C@@H]4[C@@]2(O)[C@H](O)[C@H]1[C@@H](O)[C@@]3(OC(C)=O)[C@]54C[C@@H](OC(=O)[C@@H](C)CC)[C@H]6OC(C)=O. The maximum Gasteiger partial charge on any atom is 0.309 e. The molecule has 39 heavy (non-hydrogen) atoms. The Bertz CT molecular complexity index is 1220. The number of fused-ring (bicyclic) bond motifs is 1. The molecular formula is C29H39NO9. The summed E-state index contributed by atoms with van der Waals surface area (Å²) >= 11 is 0. The van der Waals surface area contributed by atoms with Gasteiger partial charge in [-0.1, -0.05) is 32.9 Å². The number of esters is 3. The topological polar surface area (TPSA) is 143 Å². The van der Waals surface area contributed by atoms with Crippen LogP contribution >= 0.6 is 0 Å². The summed E-state index contributed by atoms with van der Waals surface area (Å²) in [6, 6.07) is -0.679. The molecule has 0 aromatic rings. The van der Waals surface area contributed by atoms with Gasteiger partial charge in [-0.25, -0.2) is 0 Å². The fourth-order valence-electron chi connectivity index (χ4n) is 11.8. The lowest BCUT2D eigenvalue weighted by atomic mass is 9.36. The molecule has 214 valence electrons. The number of hydrogen-bond donors (Lipinski definition) is 3. The van der Waals surface area contributed by atoms with Crippen LogP contribution in [0.15, 0.2) is 12.2 Å². The fraction of sp³-hybridized carbons (Fsp3) is 0.828. The summed E-state index contributed by atoms with van der Waals surface area (Å²) in [4.78, 5) is 40.7. The number of aliphatic hydroxyl groups is 3. The molecule has 10 nitrogen and oxygen atoms in total. The first-order chi connectivity index (χ1) is 18.2. The summed E-state index contributed by atoms with van der Waals surface area (Å²) in [5.41, 5.74) is -5.45. The third kappa shape index (κ3) is 2.32. The number of hydrogen-bond acceptors (Lipinski definition) is 10. The lowest BCUT2D eigenvalue weighted by Crippen LogP contribution is -2.83. The van der Waals surface area contributed by atoms with E-state index in [1.165, 1.54) is 13.8 Å². The Kier molecular flexibility index (Phi) is 4.82. The van der Waals surface area contributed by atoms with Crippen molar-refractivity contribution in [3.05, 3.63) is 12.2 Å². The van der Waals surface area contributed by atoms with Gasteiger partial charge >= 0.3 is 17.9 Å². The van der Waals surface area contributed by atoms with Gasteiger partial charge in [-0.15, -0.1) is 0 Å². The highest BCUT2D eigenvalue weighted by Gasteiger charge is 3.02. The van der Waals surface area contributed by atoms with Crippen molar-refractivity contribution in [3.63, 3.8) is 0 Å². The van der Waals surface area contributed by atoms with Crippen LogP contribution in [0.3, 0.4) is 0 Å². The van der Waals surface area contributed by atoms with Gasteiger partial charge in [0.05, 0.1) is 23.5 Å². The molecule has 9 rings (SSSR count). The second-order valence-electron chi connectivity index (χ2n) is 13.9. The minimum atomic E-state index is -1.67. The molecule has 6 saturated carbocycles. The van der Waals surface area contributed by atoms with Crippen molar-refractivity contribution in [2.45, 2.75) is 108 Å². The molecule has 2 spiro atoms. The molecule has 15 atom stereocenters. The van der Waals surface area contributed by atoms with Gasteiger partial charge < -0.3 is 29.5 Å². The first-order valence-electron chi connectivity index (χ1n) is 14.3. The average Bonchev–Trinajstić information content (AvgIpc) is 3.27. The Labute approximate surface area is 227 Å². The zero-order valence-electron chi connectivity index (χ0n) is 23.2. The molecule has 0 aromatic heterocycles. The molecule has 3 aliphatic heterocycles. The van der Waals surface area contributed by atoms with Gasteiger partial charge in [0.2, 0.25) is 0 Å². The summed E-state index contributed by atoms with van der Waals surface area (Å²) in [5.74, 6) is -2.96. The molecule has 10 heteroatoms. The number of piperidine rings is 2. The van der Waals surface area contributed by atoms with Gasteiger partial charge in [-0.3, -0.25) is 19.3 Å². The van der Waals surface area contributed by atoms with Gasteiger partial charge in [-0.2, -0.15) is 0 Å². The Morgan fingerprint density at radius 2 is 1.82 bits per heavy atom. The maximum atomic E-state index is 13.2. The highest BCUT2D eigenvalue weighted by Crippen LogP contribution is 2.90. The molecule has 1 unspecified atom stereocenters. The monoisotopic (exact) mass is 545 g/mol. The van der Waals surface area contributed by atoms with E-state index in [-0.39, 0.29) is 24.3 Å². The first kappa shape index (κ1) is 25.9. The normalized spacial score (nSPS) is 57.4. The minimum absolute atomic E-state index is 0.0462. The van der Waals surface area contributed by atoms with Crippen molar-refractivity contribution in [1.82, 2.24) is 4.90 Å². The van der Waals surface area contributed by atoms with Crippen LogP contribution < -0.4 is 0 Å². The third-order valence-corrected chi connectivity index (χ3v) is 12.5. The summed E-state index contributed by atoms with van der Waals surface area (Å²) in [6.45, 7) is 13.0. The van der Waals surface area contributed by atoms with Gasteiger partial charge in [0, 0.05) is 43.2 Å². The fourth-order valence-corrected chi connectivity index (χ4v) is 11.8. The average molecular weight is 546 g/mol. The molecule has 9 aliphatic rings. The lowest BCUT2D eigenvalue weighted by Gasteiger charge is -2.72. The van der Waals surface area contributed by atoms with Crippen LogP contribution in [0, 0.1) is 34.0 Å². The van der Waals surface area contributed by atoms with E-state index in [2.05, 4.69) is 11.5 Å². The smallest absolute Gasteiger partial charge is 0.309 e. The zero-order valence-corrected chi connectivity index (χ0v) is 23.2. The summed E-state index contributed by atoms with van der Waals surface area (Å²) in [6.07, 6.45) is -2.79. The number of nitrogens with zero attached hydrogens (tertiary/aromatic N) is 1. The summed E-state index contributed by atoms with van der Waals surface area (Å²) in [7, 11) is 0. The molecule has 3 N–H and O–H groups in total. The van der Waals surface area contributed by atoms with E-state index >= 15 is 0 Å². The van der Waals surface area contributed by atoms with Crippen molar-refractivity contribution < 1.29 is 43.9 Å². The third-order valence-electron chi connectivity index (χ3n) is 12.5. The van der Waals surface area contributed by atoms with Gasteiger partial charge in [0.1, 0.15) is 23.9 Å². The van der Waals surface area contributed by atoms with Crippen LogP contribution in [0.25, 0.3) is 0 Å². The number of aliphatic hydroxyl groups excluding tert-OH is 2. The Hall–Kier alpha value is -2.01. The van der Waals surface area contributed by atoms with E-state index in [1.54, 1.807) is 6.92 Å². The quantitative estimate of drug-likeness (QED) is 0.257. The molecule has 3 heterocycles. The highest BCUT2D eigenvalue weighted by molar-refractivity contribution is 5.73. The Morgan fingerprint density at radius 1 is 1.13 bits per heavy atom. The van der Waals surface area contributed by atoms with Gasteiger partial charge in [0.15, 0.2) is 5.60 Å². The van der Waals surface area contributed by atoms with Crippen molar-refractivity contribution in [2.24, 2.45) is 34.0 Å². The van der Waals surface area contributed by atoms with E-state index in [0.717, 1.165) is 0 Å². The van der Waals surface area contributed by atoms with Crippen LogP contribution in [-0.2, 0) is 28.6 Å². The van der Waals surface area contributed by atoms with E-state index in [9.17, 15) is 29.7 Å². The van der Waals surface area contributed by atoms with E-state index in [0.29, 0.717) is 31.4 Å². The standard InChI is InChI=1S/C29H39NO9/c1-7-12(2)23(35)38-17-10-27-19-16-9-26-8-13(3)18(21(34)29(26,27)39-15(5)32)20(33)28(26,36)24(27)30(16)11-25(19,6)22(17)37-14(4)31/h12,16-22,24,33-34,36H,3,7-11H2,1-2,4-6H3/t12-,16-,17+,18-,19+,20+,21+,22+,24-,25-,26-,27+,28-,29-/m0/s1. The molecule has 0 aromatic carbocycles. The van der Waals surface area contributed by atoms with E-state index in [1.807, 2.05) is 13.8 Å². The lowest BCUT2D eigenvalue weighted by molar-refractivity contribution is -0.347. The Morgan fingerprint density at radius 3 is 2.44 bits per heavy atom. The number of carbonyl (C=O) groups is 3. The maximum absolute atomic E-state index is 13.2. The second kappa shape index (κ2) is 7.24. The van der Waals surface area contributed by atoms with Crippen molar-refractivity contribution >= 4 is 17.9 Å². The van der Waals surface area contributed by atoms with Gasteiger partial charge in [-0.05, 0) is 31.6 Å². The number of carbonyl (C=O) groups excluding carboxylic acids is 3. The summed E-state index contributed by atoms with van der Waals surface area (Å²) < 4.78 is 18.5. The van der Waals surface area contributed by atoms with Crippen molar-refractivity contribution in [3.8, 4) is 0 Å². The molecule has 0 radical (unpaired) electrons.